The second-order valence-corrected chi connectivity index (χ2v) is 4.81. The largest absolute Gasteiger partial charge is 0.481 e. The summed E-state index contributed by atoms with van der Waals surface area (Å²) in [5, 5.41) is 8.74. The summed E-state index contributed by atoms with van der Waals surface area (Å²) in [6, 6.07) is 0. The third-order valence-electron chi connectivity index (χ3n) is 3.42. The molecule has 1 aliphatic heterocycles. The number of anilines is 1. The summed E-state index contributed by atoms with van der Waals surface area (Å²) in [5.74, 6) is 1.00. The predicted molar refractivity (Wildman–Crippen MR) is 70.4 cm³/mol. The Kier molecular flexibility index (Phi) is 4.54. The van der Waals surface area contributed by atoms with Gasteiger partial charge in [-0.05, 0) is 25.2 Å². The van der Waals surface area contributed by atoms with Crippen molar-refractivity contribution in [2.75, 3.05) is 25.1 Å². The standard InChI is InChI=1S/C13H19N3O3/c1-19-12-8-14-7-11(15-12)16-6-2-3-10(9-16)4-5-13(17)18/h7-8,10H,2-6,9H2,1H3,(H,17,18). The molecule has 0 aromatic carbocycles. The van der Waals surface area contributed by atoms with Crippen LogP contribution in [0.1, 0.15) is 25.7 Å². The number of nitrogens with zero attached hydrogens (tertiary/aromatic N) is 3. The van der Waals surface area contributed by atoms with Gasteiger partial charge in [0.25, 0.3) is 0 Å². The van der Waals surface area contributed by atoms with Crippen LogP contribution in [0.5, 0.6) is 5.88 Å². The van der Waals surface area contributed by atoms with Crippen LogP contribution in [0.15, 0.2) is 12.4 Å². The van der Waals surface area contributed by atoms with Crippen molar-refractivity contribution in [2.24, 2.45) is 5.92 Å². The number of aromatic nitrogens is 2. The lowest BCUT2D eigenvalue weighted by Gasteiger charge is -2.33. The summed E-state index contributed by atoms with van der Waals surface area (Å²) in [5.41, 5.74) is 0. The van der Waals surface area contributed by atoms with Crippen LogP contribution < -0.4 is 9.64 Å². The highest BCUT2D eigenvalue weighted by atomic mass is 16.5. The fourth-order valence-electron chi connectivity index (χ4n) is 2.43. The van der Waals surface area contributed by atoms with Crippen LogP contribution >= 0.6 is 0 Å². The summed E-state index contributed by atoms with van der Waals surface area (Å²) >= 11 is 0. The monoisotopic (exact) mass is 265 g/mol. The summed E-state index contributed by atoms with van der Waals surface area (Å²) < 4.78 is 5.07. The minimum Gasteiger partial charge on any atom is -0.481 e. The van der Waals surface area contributed by atoms with Gasteiger partial charge < -0.3 is 14.7 Å². The Labute approximate surface area is 112 Å². The quantitative estimate of drug-likeness (QED) is 0.871. The maximum absolute atomic E-state index is 10.6. The van der Waals surface area contributed by atoms with E-state index in [2.05, 4.69) is 14.9 Å². The fourth-order valence-corrected chi connectivity index (χ4v) is 2.43. The van der Waals surface area contributed by atoms with Crippen molar-refractivity contribution in [2.45, 2.75) is 25.7 Å². The van der Waals surface area contributed by atoms with Gasteiger partial charge in [-0.25, -0.2) is 0 Å². The lowest BCUT2D eigenvalue weighted by atomic mass is 9.93. The van der Waals surface area contributed by atoms with E-state index in [0.717, 1.165) is 38.2 Å². The summed E-state index contributed by atoms with van der Waals surface area (Å²) in [6.07, 6.45) is 6.41. The first kappa shape index (κ1) is 13.6. The average Bonchev–Trinajstić information content (AvgIpc) is 2.45. The molecule has 1 unspecified atom stereocenters. The first-order valence-electron chi connectivity index (χ1n) is 6.52. The van der Waals surface area contributed by atoms with E-state index in [1.165, 1.54) is 0 Å². The summed E-state index contributed by atoms with van der Waals surface area (Å²) in [4.78, 5) is 21.3. The highest BCUT2D eigenvalue weighted by Crippen LogP contribution is 2.25. The van der Waals surface area contributed by atoms with Crippen LogP contribution in [-0.4, -0.2) is 41.2 Å². The van der Waals surface area contributed by atoms with Crippen molar-refractivity contribution in [3.05, 3.63) is 12.4 Å². The number of piperidine rings is 1. The molecule has 1 aromatic rings. The van der Waals surface area contributed by atoms with Crippen LogP contribution in [0.2, 0.25) is 0 Å². The molecule has 0 spiro atoms. The number of hydrogen-bond donors (Lipinski definition) is 1. The van der Waals surface area contributed by atoms with Gasteiger partial charge in [-0.1, -0.05) is 0 Å². The maximum atomic E-state index is 10.6. The molecule has 19 heavy (non-hydrogen) atoms. The van der Waals surface area contributed by atoms with Gasteiger partial charge in [-0.15, -0.1) is 0 Å². The molecule has 2 rings (SSSR count). The van der Waals surface area contributed by atoms with Crippen molar-refractivity contribution < 1.29 is 14.6 Å². The molecule has 1 aliphatic rings. The highest BCUT2D eigenvalue weighted by molar-refractivity contribution is 5.66. The van der Waals surface area contributed by atoms with E-state index in [1.54, 1.807) is 19.5 Å². The zero-order chi connectivity index (χ0) is 13.7. The molecule has 0 amide bonds. The normalized spacial score (nSPS) is 19.2. The number of methoxy groups -OCH3 is 1. The Bertz CT molecular complexity index is 439. The Morgan fingerprint density at radius 3 is 3.16 bits per heavy atom. The molecule has 1 atom stereocenters. The Morgan fingerprint density at radius 2 is 2.42 bits per heavy atom. The van der Waals surface area contributed by atoms with Crippen molar-refractivity contribution in [3.8, 4) is 5.88 Å². The number of carbonyl (C=O) groups is 1. The molecule has 6 heteroatoms. The van der Waals surface area contributed by atoms with E-state index < -0.39 is 5.97 Å². The van der Waals surface area contributed by atoms with Gasteiger partial charge >= 0.3 is 5.97 Å². The second kappa shape index (κ2) is 6.36. The third kappa shape index (κ3) is 3.81. The third-order valence-corrected chi connectivity index (χ3v) is 3.42. The molecule has 1 aromatic heterocycles. The molecule has 2 heterocycles. The Balaban J connectivity index is 1.97. The van der Waals surface area contributed by atoms with Crippen molar-refractivity contribution >= 4 is 11.8 Å². The minimum absolute atomic E-state index is 0.238. The van der Waals surface area contributed by atoms with E-state index in [9.17, 15) is 4.79 Å². The van der Waals surface area contributed by atoms with Crippen LogP contribution in [0, 0.1) is 5.92 Å². The Hall–Kier alpha value is -1.85. The zero-order valence-electron chi connectivity index (χ0n) is 11.1. The molecule has 0 bridgehead atoms. The van der Waals surface area contributed by atoms with Gasteiger partial charge in [0.05, 0.1) is 19.5 Å². The fraction of sp³-hybridized carbons (Fsp3) is 0.615. The smallest absolute Gasteiger partial charge is 0.303 e. The van der Waals surface area contributed by atoms with Crippen molar-refractivity contribution in [1.82, 2.24) is 9.97 Å². The predicted octanol–water partition coefficient (Wildman–Crippen LogP) is 1.57. The van der Waals surface area contributed by atoms with Gasteiger partial charge in [0, 0.05) is 19.5 Å². The number of rotatable bonds is 5. The zero-order valence-corrected chi connectivity index (χ0v) is 11.1. The number of carboxylic acid groups (broad SMARTS) is 1. The molecule has 6 nitrogen and oxygen atoms in total. The SMILES string of the molecule is COc1cncc(N2CCCC(CCC(=O)O)C2)n1. The maximum Gasteiger partial charge on any atom is 0.303 e. The molecule has 0 radical (unpaired) electrons. The first-order valence-corrected chi connectivity index (χ1v) is 6.52. The number of ether oxygens (including phenoxy) is 1. The number of hydrogen-bond acceptors (Lipinski definition) is 5. The lowest BCUT2D eigenvalue weighted by molar-refractivity contribution is -0.137. The van der Waals surface area contributed by atoms with Crippen molar-refractivity contribution in [3.63, 3.8) is 0 Å². The van der Waals surface area contributed by atoms with E-state index in [1.807, 2.05) is 0 Å². The van der Waals surface area contributed by atoms with E-state index in [-0.39, 0.29) is 6.42 Å². The molecule has 0 saturated carbocycles. The molecular weight excluding hydrogens is 246 g/mol. The van der Waals surface area contributed by atoms with Gasteiger partial charge in [0.2, 0.25) is 5.88 Å². The van der Waals surface area contributed by atoms with E-state index in [4.69, 9.17) is 9.84 Å². The molecular formula is C13H19N3O3. The minimum atomic E-state index is -0.724. The number of aliphatic carboxylic acids is 1. The van der Waals surface area contributed by atoms with Gasteiger partial charge in [-0.3, -0.25) is 9.78 Å². The molecule has 1 fully saturated rings. The van der Waals surface area contributed by atoms with Crippen LogP contribution in [0.25, 0.3) is 0 Å². The topological polar surface area (TPSA) is 75.5 Å². The summed E-state index contributed by atoms with van der Waals surface area (Å²) in [7, 11) is 1.57. The highest BCUT2D eigenvalue weighted by Gasteiger charge is 2.21. The molecule has 1 saturated heterocycles. The summed E-state index contributed by atoms with van der Waals surface area (Å²) in [6.45, 7) is 1.78. The van der Waals surface area contributed by atoms with Crippen LogP contribution in [0.4, 0.5) is 5.82 Å². The van der Waals surface area contributed by atoms with Crippen molar-refractivity contribution in [1.29, 1.82) is 0 Å². The van der Waals surface area contributed by atoms with Gasteiger partial charge in [-0.2, -0.15) is 4.98 Å². The Morgan fingerprint density at radius 1 is 1.58 bits per heavy atom. The number of carboxylic acids is 1. The molecule has 104 valence electrons. The van der Waals surface area contributed by atoms with Gasteiger partial charge in [0.1, 0.15) is 0 Å². The van der Waals surface area contributed by atoms with E-state index >= 15 is 0 Å². The molecule has 0 aliphatic carbocycles. The average molecular weight is 265 g/mol. The van der Waals surface area contributed by atoms with Crippen LogP contribution in [0.3, 0.4) is 0 Å². The van der Waals surface area contributed by atoms with Gasteiger partial charge in [0.15, 0.2) is 5.82 Å². The van der Waals surface area contributed by atoms with Crippen LogP contribution in [-0.2, 0) is 4.79 Å². The molecule has 1 N–H and O–H groups in total. The van der Waals surface area contributed by atoms with E-state index in [0.29, 0.717) is 11.8 Å². The lowest BCUT2D eigenvalue weighted by Crippen LogP contribution is -2.36. The first-order chi connectivity index (χ1) is 9.19. The second-order valence-electron chi connectivity index (χ2n) is 4.81.